The zero-order chi connectivity index (χ0) is 35.4. The van der Waals surface area contributed by atoms with Gasteiger partial charge in [-0.1, -0.05) is 0 Å². The molecule has 3 heterocycles. The average molecular weight is 678 g/mol. The van der Waals surface area contributed by atoms with Crippen LogP contribution in [-0.2, 0) is 14.4 Å². The van der Waals surface area contributed by atoms with Crippen molar-refractivity contribution >= 4 is 41.0 Å². The zero-order valence-corrected chi connectivity index (χ0v) is 28.0. The number of hydrogen-bond donors (Lipinski definition) is 4. The van der Waals surface area contributed by atoms with Gasteiger partial charge in [0.05, 0.1) is 12.3 Å². The summed E-state index contributed by atoms with van der Waals surface area (Å²) in [5.41, 5.74) is 9.53. The first-order valence-corrected chi connectivity index (χ1v) is 16.5. The standard InChI is InChI=1S/C37H40FN9O3/c1-24-18-41-35(42-19-24)27-5-10-30(11-6-27)46-15-16-47(25(2)20-46)33(49)21-45-14-13-37(22-45,43-23-48)36(50)44-29-9-12-32(39)31(17-29)34(40)26-3-7-28(38)8-4-26/h3-12,17-19,23,25,40H,13-16,20-22,39H2,1-2H3,(H,43,48)(H,44,50)/t25-,37?/m1/s1. The maximum Gasteiger partial charge on any atom is 0.251 e. The minimum Gasteiger partial charge on any atom is -0.398 e. The molecule has 4 aromatic rings. The number of nitrogens with zero attached hydrogens (tertiary/aromatic N) is 5. The highest BCUT2D eigenvalue weighted by Gasteiger charge is 2.45. The van der Waals surface area contributed by atoms with Gasteiger partial charge in [0.25, 0.3) is 5.91 Å². The van der Waals surface area contributed by atoms with E-state index >= 15 is 0 Å². The molecule has 258 valence electrons. The number of aryl methyl sites for hydroxylation is 1. The summed E-state index contributed by atoms with van der Waals surface area (Å²) in [5.74, 6) is -0.211. The minimum atomic E-state index is -1.26. The van der Waals surface area contributed by atoms with E-state index in [0.717, 1.165) is 16.8 Å². The molecular weight excluding hydrogens is 637 g/mol. The van der Waals surface area contributed by atoms with Crippen LogP contribution >= 0.6 is 0 Å². The predicted octanol–water partition coefficient (Wildman–Crippen LogP) is 3.46. The molecule has 12 nitrogen and oxygen atoms in total. The number of carbonyl (C=O) groups excluding carboxylic acids is 3. The molecular formula is C37H40FN9O3. The number of hydrogen-bond acceptors (Lipinski definition) is 9. The lowest BCUT2D eigenvalue weighted by atomic mass is 9.96. The molecule has 2 aliphatic rings. The van der Waals surface area contributed by atoms with Gasteiger partial charge in [-0.3, -0.25) is 24.7 Å². The van der Waals surface area contributed by atoms with Crippen molar-refractivity contribution in [3.63, 3.8) is 0 Å². The number of halogens is 1. The van der Waals surface area contributed by atoms with E-state index < -0.39 is 17.3 Å². The summed E-state index contributed by atoms with van der Waals surface area (Å²) in [6.07, 6.45) is 4.41. The third-order valence-corrected chi connectivity index (χ3v) is 9.41. The molecule has 13 heteroatoms. The summed E-state index contributed by atoms with van der Waals surface area (Å²) >= 11 is 0. The molecule has 2 aliphatic heterocycles. The number of nitrogens with one attached hydrogen (secondary N) is 3. The molecule has 50 heavy (non-hydrogen) atoms. The number of amides is 3. The Morgan fingerprint density at radius 3 is 2.44 bits per heavy atom. The maximum atomic E-state index is 13.7. The summed E-state index contributed by atoms with van der Waals surface area (Å²) in [6.45, 7) is 6.60. The Balaban J connectivity index is 1.06. The van der Waals surface area contributed by atoms with Gasteiger partial charge in [-0.2, -0.15) is 0 Å². The fourth-order valence-corrected chi connectivity index (χ4v) is 6.59. The Morgan fingerprint density at radius 1 is 1.04 bits per heavy atom. The van der Waals surface area contributed by atoms with Gasteiger partial charge < -0.3 is 26.2 Å². The van der Waals surface area contributed by atoms with E-state index in [9.17, 15) is 18.8 Å². The normalized spacial score (nSPS) is 19.2. The van der Waals surface area contributed by atoms with E-state index in [4.69, 9.17) is 11.1 Å². The van der Waals surface area contributed by atoms with Crippen LogP contribution in [0.2, 0.25) is 0 Å². The smallest absolute Gasteiger partial charge is 0.251 e. The summed E-state index contributed by atoms with van der Waals surface area (Å²) in [4.78, 5) is 53.8. The minimum absolute atomic E-state index is 0.0335. The Labute approximate surface area is 290 Å². The molecule has 6 rings (SSSR count). The molecule has 0 bridgehead atoms. The van der Waals surface area contributed by atoms with Crippen LogP contribution in [0, 0.1) is 18.2 Å². The molecule has 1 unspecified atom stereocenters. The van der Waals surface area contributed by atoms with Gasteiger partial charge in [0.1, 0.15) is 11.4 Å². The van der Waals surface area contributed by atoms with Crippen LogP contribution < -0.4 is 21.3 Å². The van der Waals surface area contributed by atoms with Crippen LogP contribution in [0.4, 0.5) is 21.5 Å². The highest BCUT2D eigenvalue weighted by molar-refractivity contribution is 6.14. The molecule has 0 aliphatic carbocycles. The van der Waals surface area contributed by atoms with Crippen LogP contribution in [0.5, 0.6) is 0 Å². The highest BCUT2D eigenvalue weighted by Crippen LogP contribution is 2.27. The van der Waals surface area contributed by atoms with Crippen LogP contribution in [0.3, 0.4) is 0 Å². The number of nitrogens with two attached hydrogens (primary N) is 1. The molecule has 2 saturated heterocycles. The van der Waals surface area contributed by atoms with Crippen molar-refractivity contribution in [3.05, 3.63) is 102 Å². The van der Waals surface area contributed by atoms with Crippen molar-refractivity contribution in [1.82, 2.24) is 25.1 Å². The van der Waals surface area contributed by atoms with E-state index in [-0.39, 0.29) is 30.8 Å². The number of likely N-dealkylation sites (tertiary alicyclic amines) is 1. The molecule has 1 aromatic heterocycles. The van der Waals surface area contributed by atoms with Crippen molar-refractivity contribution in [2.24, 2.45) is 0 Å². The topological polar surface area (TPSA) is 161 Å². The van der Waals surface area contributed by atoms with Gasteiger partial charge in [0.2, 0.25) is 12.3 Å². The third kappa shape index (κ3) is 7.32. The predicted molar refractivity (Wildman–Crippen MR) is 190 cm³/mol. The van der Waals surface area contributed by atoms with Crippen molar-refractivity contribution in [2.75, 3.05) is 55.2 Å². The van der Waals surface area contributed by atoms with Crippen molar-refractivity contribution < 1.29 is 18.8 Å². The number of piperazine rings is 1. The first-order chi connectivity index (χ1) is 24.0. The summed E-state index contributed by atoms with van der Waals surface area (Å²) < 4.78 is 13.4. The average Bonchev–Trinajstić information content (AvgIpc) is 3.53. The second-order valence-corrected chi connectivity index (χ2v) is 13.0. The SMILES string of the molecule is Cc1cnc(-c2ccc(N3CCN(C(=O)CN4CCC(NC=O)(C(=O)Nc5ccc(N)c(C(=N)c6ccc(F)cc6)c5)C4)[C@H](C)C3)cc2)nc1. The Kier molecular flexibility index (Phi) is 9.86. The fraction of sp³-hybridized carbons (Fsp3) is 0.297. The van der Waals surface area contributed by atoms with Crippen LogP contribution in [0.1, 0.15) is 30.0 Å². The van der Waals surface area contributed by atoms with Crippen molar-refractivity contribution in [1.29, 1.82) is 5.41 Å². The number of aromatic nitrogens is 2. The van der Waals surface area contributed by atoms with Crippen LogP contribution in [0.15, 0.2) is 79.1 Å². The second kappa shape index (κ2) is 14.4. The molecule has 3 aromatic carbocycles. The molecule has 2 atom stereocenters. The highest BCUT2D eigenvalue weighted by atomic mass is 19.1. The Bertz CT molecular complexity index is 1890. The first-order valence-electron chi connectivity index (χ1n) is 16.5. The Hall–Kier alpha value is -5.69. The van der Waals surface area contributed by atoms with Crippen molar-refractivity contribution in [3.8, 4) is 11.4 Å². The van der Waals surface area contributed by atoms with E-state index in [1.807, 2.05) is 35.8 Å². The molecule has 2 fully saturated rings. The number of carbonyl (C=O) groups is 3. The van der Waals surface area contributed by atoms with E-state index in [1.54, 1.807) is 30.6 Å². The van der Waals surface area contributed by atoms with Gasteiger partial charge >= 0.3 is 0 Å². The summed E-state index contributed by atoms with van der Waals surface area (Å²) in [5, 5.41) is 14.2. The maximum absolute atomic E-state index is 13.7. The number of anilines is 3. The summed E-state index contributed by atoms with van der Waals surface area (Å²) in [7, 11) is 0. The van der Waals surface area contributed by atoms with Crippen molar-refractivity contribution in [2.45, 2.75) is 31.8 Å². The summed E-state index contributed by atoms with van der Waals surface area (Å²) in [6, 6.07) is 18.4. The molecule has 0 radical (unpaired) electrons. The lowest BCUT2D eigenvalue weighted by Crippen LogP contribution is -2.58. The third-order valence-electron chi connectivity index (χ3n) is 9.41. The largest absolute Gasteiger partial charge is 0.398 e. The van der Waals surface area contributed by atoms with Gasteiger partial charge in [-0.25, -0.2) is 14.4 Å². The molecule has 5 N–H and O–H groups in total. The lowest BCUT2D eigenvalue weighted by molar-refractivity contribution is -0.135. The van der Waals surface area contributed by atoms with Gasteiger partial charge in [0, 0.05) is 84.9 Å². The molecule has 3 amide bonds. The van der Waals surface area contributed by atoms with E-state index in [0.29, 0.717) is 67.3 Å². The van der Waals surface area contributed by atoms with Crippen LogP contribution in [0.25, 0.3) is 11.4 Å². The molecule has 0 spiro atoms. The van der Waals surface area contributed by atoms with Gasteiger partial charge in [-0.15, -0.1) is 0 Å². The number of benzene rings is 3. The fourth-order valence-electron chi connectivity index (χ4n) is 6.59. The second-order valence-electron chi connectivity index (χ2n) is 13.0. The first kappa shape index (κ1) is 34.2. The lowest BCUT2D eigenvalue weighted by Gasteiger charge is -2.41. The zero-order valence-electron chi connectivity index (χ0n) is 28.0. The van der Waals surface area contributed by atoms with Crippen LogP contribution in [-0.4, -0.2) is 94.6 Å². The number of rotatable bonds is 10. The van der Waals surface area contributed by atoms with E-state index in [1.165, 1.54) is 24.3 Å². The molecule has 0 saturated carbocycles. The monoisotopic (exact) mass is 677 g/mol. The van der Waals surface area contributed by atoms with E-state index in [2.05, 4.69) is 37.6 Å². The van der Waals surface area contributed by atoms with Gasteiger partial charge in [-0.05, 0) is 92.6 Å². The number of nitrogen functional groups attached to an aromatic ring is 1. The van der Waals surface area contributed by atoms with Gasteiger partial charge in [0.15, 0.2) is 5.82 Å². The Morgan fingerprint density at radius 2 is 1.76 bits per heavy atom. The quantitative estimate of drug-likeness (QED) is 0.113.